The molecular formula is C5H7ClN4O. The Labute approximate surface area is 67.1 Å². The van der Waals surface area contributed by atoms with E-state index in [1.54, 1.807) is 7.05 Å². The quantitative estimate of drug-likeness (QED) is 0.463. The van der Waals surface area contributed by atoms with Gasteiger partial charge in [-0.2, -0.15) is 0 Å². The average Bonchev–Trinajstić information content (AvgIpc) is 1.97. The third-order valence-electron chi connectivity index (χ3n) is 1.28. The molecule has 3 N–H and O–H groups in total. The Morgan fingerprint density at radius 3 is 2.64 bits per heavy atom. The molecule has 0 atom stereocenters. The van der Waals surface area contributed by atoms with Gasteiger partial charge in [0.05, 0.1) is 0 Å². The summed E-state index contributed by atoms with van der Waals surface area (Å²) < 4.78 is 1.71. The fraction of sp³-hybridized carbons (Fsp3) is 0.200. The zero-order chi connectivity index (χ0) is 8.59. The summed E-state index contributed by atoms with van der Waals surface area (Å²) in [4.78, 5) is 0. The van der Waals surface area contributed by atoms with Crippen LogP contribution in [0, 0.1) is 10.8 Å². The van der Waals surface area contributed by atoms with Crippen LogP contribution in [0.25, 0.3) is 0 Å². The van der Waals surface area contributed by atoms with E-state index >= 15 is 0 Å². The Kier molecular flexibility index (Phi) is 1.74. The maximum absolute atomic E-state index is 9.00. The zero-order valence-corrected chi connectivity index (χ0v) is 6.55. The van der Waals surface area contributed by atoms with Gasteiger partial charge in [-0.05, 0) is 0 Å². The highest BCUT2D eigenvalue weighted by Gasteiger charge is 1.99. The normalized spacial score (nSPS) is 10.0. The highest BCUT2D eigenvalue weighted by molar-refractivity contribution is 6.30. The molecule has 0 amide bonds. The standard InChI is InChI=1S/C5H7ClN4O/c1-9-2-3(6)4(7)10(11)5(9)8/h2,7-8,11H,1H3. The smallest absolute Gasteiger partial charge is 0.237 e. The molecule has 5 nitrogen and oxygen atoms in total. The second-order valence-electron chi connectivity index (χ2n) is 2.07. The van der Waals surface area contributed by atoms with Crippen LogP contribution in [0.15, 0.2) is 6.20 Å². The van der Waals surface area contributed by atoms with Crippen molar-refractivity contribution in [2.24, 2.45) is 7.05 Å². The number of hydrogen-bond donors (Lipinski definition) is 3. The number of nitrogens with one attached hydrogen (secondary N) is 2. The summed E-state index contributed by atoms with van der Waals surface area (Å²) in [6.07, 6.45) is 1.39. The number of halogens is 1. The lowest BCUT2D eigenvalue weighted by Gasteiger charge is -2.03. The van der Waals surface area contributed by atoms with Crippen LogP contribution in [-0.2, 0) is 7.05 Å². The Hall–Kier alpha value is -1.23. The van der Waals surface area contributed by atoms with Gasteiger partial charge in [0.15, 0.2) is 5.49 Å². The summed E-state index contributed by atoms with van der Waals surface area (Å²) >= 11 is 5.52. The van der Waals surface area contributed by atoms with Gasteiger partial charge in [0.1, 0.15) is 5.02 Å². The van der Waals surface area contributed by atoms with Crippen molar-refractivity contribution in [1.82, 2.24) is 9.30 Å². The second kappa shape index (κ2) is 2.43. The molecule has 0 saturated carbocycles. The summed E-state index contributed by atoms with van der Waals surface area (Å²) in [5.41, 5.74) is -0.478. The summed E-state index contributed by atoms with van der Waals surface area (Å²) in [5, 5.41) is 23.4. The first-order valence-electron chi connectivity index (χ1n) is 2.80. The molecule has 1 rings (SSSR count). The SMILES string of the molecule is Cn1cc(Cl)c(=N)n(O)c1=N. The van der Waals surface area contributed by atoms with E-state index < -0.39 is 0 Å². The molecular weight excluding hydrogens is 168 g/mol. The molecule has 0 radical (unpaired) electrons. The molecule has 0 aliphatic carbocycles. The molecule has 1 heterocycles. The van der Waals surface area contributed by atoms with Gasteiger partial charge < -0.3 is 9.77 Å². The van der Waals surface area contributed by atoms with Crippen LogP contribution in [0.4, 0.5) is 0 Å². The van der Waals surface area contributed by atoms with Crippen molar-refractivity contribution in [3.63, 3.8) is 0 Å². The van der Waals surface area contributed by atoms with Crippen LogP contribution in [0.5, 0.6) is 0 Å². The van der Waals surface area contributed by atoms with Gasteiger partial charge in [-0.1, -0.05) is 11.6 Å². The van der Waals surface area contributed by atoms with E-state index in [-0.39, 0.29) is 16.1 Å². The summed E-state index contributed by atoms with van der Waals surface area (Å²) in [6.45, 7) is 0. The van der Waals surface area contributed by atoms with Crippen molar-refractivity contribution in [2.45, 2.75) is 0 Å². The summed E-state index contributed by atoms with van der Waals surface area (Å²) in [7, 11) is 1.56. The van der Waals surface area contributed by atoms with Gasteiger partial charge >= 0.3 is 0 Å². The van der Waals surface area contributed by atoms with Crippen LogP contribution in [0.2, 0.25) is 5.02 Å². The summed E-state index contributed by atoms with van der Waals surface area (Å²) in [5.74, 6) is 0. The van der Waals surface area contributed by atoms with Crippen molar-refractivity contribution < 1.29 is 5.21 Å². The number of nitrogens with zero attached hydrogens (tertiary/aromatic N) is 2. The Morgan fingerprint density at radius 1 is 1.55 bits per heavy atom. The van der Waals surface area contributed by atoms with Gasteiger partial charge in [-0.3, -0.25) is 10.8 Å². The summed E-state index contributed by atoms with van der Waals surface area (Å²) in [6, 6.07) is 0. The van der Waals surface area contributed by atoms with Gasteiger partial charge in [-0.25, -0.2) is 0 Å². The van der Waals surface area contributed by atoms with Gasteiger partial charge in [0, 0.05) is 13.2 Å². The van der Waals surface area contributed by atoms with Crippen molar-refractivity contribution in [2.75, 3.05) is 0 Å². The first-order chi connectivity index (χ1) is 5.04. The Bertz CT molecular complexity index is 356. The highest BCUT2D eigenvalue weighted by Crippen LogP contribution is 1.93. The second-order valence-corrected chi connectivity index (χ2v) is 2.48. The molecule has 0 spiro atoms. The maximum Gasteiger partial charge on any atom is 0.237 e. The third kappa shape index (κ3) is 1.14. The number of aryl methyl sites for hydroxylation is 1. The number of rotatable bonds is 0. The molecule has 6 heteroatoms. The lowest BCUT2D eigenvalue weighted by molar-refractivity contribution is 0.146. The lowest BCUT2D eigenvalue weighted by atomic mass is 10.6. The molecule has 1 aromatic rings. The van der Waals surface area contributed by atoms with Crippen molar-refractivity contribution >= 4 is 11.6 Å². The molecule has 1 aromatic heterocycles. The third-order valence-corrected chi connectivity index (χ3v) is 1.56. The molecule has 0 bridgehead atoms. The molecule has 0 saturated heterocycles. The number of hydrogen-bond acceptors (Lipinski definition) is 3. The van der Waals surface area contributed by atoms with Crippen molar-refractivity contribution in [3.05, 3.63) is 22.3 Å². The molecule has 11 heavy (non-hydrogen) atoms. The first kappa shape index (κ1) is 7.87. The van der Waals surface area contributed by atoms with E-state index in [0.29, 0.717) is 4.73 Å². The fourth-order valence-electron chi connectivity index (χ4n) is 0.649. The van der Waals surface area contributed by atoms with Gasteiger partial charge in [-0.15, -0.1) is 4.73 Å². The van der Waals surface area contributed by atoms with Crippen LogP contribution in [0.3, 0.4) is 0 Å². The fourth-order valence-corrected chi connectivity index (χ4v) is 0.875. The molecule has 0 aromatic carbocycles. The number of aromatic nitrogens is 2. The Morgan fingerprint density at radius 2 is 2.09 bits per heavy atom. The molecule has 0 unspecified atom stereocenters. The van der Waals surface area contributed by atoms with Crippen LogP contribution < -0.4 is 11.1 Å². The zero-order valence-electron chi connectivity index (χ0n) is 5.80. The van der Waals surface area contributed by atoms with E-state index in [4.69, 9.17) is 27.6 Å². The van der Waals surface area contributed by atoms with Crippen LogP contribution >= 0.6 is 11.6 Å². The maximum atomic E-state index is 9.00. The Balaban J connectivity index is 3.74. The minimum atomic E-state index is -0.283. The van der Waals surface area contributed by atoms with Gasteiger partial charge in [0.25, 0.3) is 0 Å². The van der Waals surface area contributed by atoms with Crippen molar-refractivity contribution in [1.29, 1.82) is 10.8 Å². The molecule has 0 aliphatic rings. The lowest BCUT2D eigenvalue weighted by Crippen LogP contribution is -2.37. The molecule has 60 valence electrons. The van der Waals surface area contributed by atoms with E-state index in [1.807, 2.05) is 0 Å². The predicted molar refractivity (Wildman–Crippen MR) is 37.3 cm³/mol. The highest BCUT2D eigenvalue weighted by atomic mass is 35.5. The van der Waals surface area contributed by atoms with E-state index in [1.165, 1.54) is 10.8 Å². The van der Waals surface area contributed by atoms with E-state index in [9.17, 15) is 0 Å². The van der Waals surface area contributed by atoms with Crippen LogP contribution in [0.1, 0.15) is 0 Å². The van der Waals surface area contributed by atoms with E-state index in [2.05, 4.69) is 0 Å². The predicted octanol–water partition coefficient (Wildman–Crippen LogP) is -0.324. The molecule has 0 aliphatic heterocycles. The van der Waals surface area contributed by atoms with Crippen LogP contribution in [-0.4, -0.2) is 14.5 Å². The molecule has 0 fully saturated rings. The monoisotopic (exact) mass is 174 g/mol. The topological polar surface area (TPSA) is 77.8 Å². The minimum absolute atomic E-state index is 0.103. The van der Waals surface area contributed by atoms with Crippen molar-refractivity contribution in [3.8, 4) is 0 Å². The van der Waals surface area contributed by atoms with Gasteiger partial charge in [0.2, 0.25) is 5.62 Å². The minimum Gasteiger partial charge on any atom is -0.423 e. The average molecular weight is 175 g/mol. The first-order valence-corrected chi connectivity index (χ1v) is 3.18. The van der Waals surface area contributed by atoms with E-state index in [0.717, 1.165) is 0 Å². The largest absolute Gasteiger partial charge is 0.423 e.